The number of pyridine rings is 1. The van der Waals surface area contributed by atoms with Crippen LogP contribution in [0, 0.1) is 0 Å². The monoisotopic (exact) mass is 424 g/mol. The number of para-hydroxylation sites is 1. The number of amides is 1. The lowest BCUT2D eigenvalue weighted by atomic mass is 10.0. The number of hydrogen-bond donors (Lipinski definition) is 3. The van der Waals surface area contributed by atoms with Gasteiger partial charge >= 0.3 is 0 Å². The highest BCUT2D eigenvalue weighted by Gasteiger charge is 2.27. The summed E-state index contributed by atoms with van der Waals surface area (Å²) in [7, 11) is -1.24. The number of carbonyl (C=O) groups is 2. The molecular weight excluding hydrogens is 404 g/mol. The van der Waals surface area contributed by atoms with Crippen molar-refractivity contribution in [3.8, 4) is 11.3 Å². The second kappa shape index (κ2) is 8.60. The minimum atomic E-state index is -1.24. The van der Waals surface area contributed by atoms with E-state index >= 15 is 0 Å². The Morgan fingerprint density at radius 3 is 2.80 bits per heavy atom. The fourth-order valence-electron chi connectivity index (χ4n) is 3.31. The van der Waals surface area contributed by atoms with Gasteiger partial charge in [-0.2, -0.15) is 0 Å². The van der Waals surface area contributed by atoms with Crippen LogP contribution >= 0.6 is 0 Å². The molecule has 3 heterocycles. The topological polar surface area (TPSA) is 113 Å². The van der Waals surface area contributed by atoms with Crippen LogP contribution in [0.4, 0.5) is 17.2 Å². The van der Waals surface area contributed by atoms with E-state index in [1.807, 2.05) is 30.3 Å². The number of anilines is 3. The normalized spacial score (nSPS) is 14.1. The number of rotatable bonds is 6. The van der Waals surface area contributed by atoms with Crippen LogP contribution in [0.1, 0.15) is 16.1 Å². The molecule has 1 atom stereocenters. The van der Waals surface area contributed by atoms with E-state index in [-0.39, 0.29) is 24.1 Å². The molecule has 8 nitrogen and oxygen atoms in total. The molecule has 1 amide bonds. The number of benzene rings is 1. The molecule has 0 aliphatic carbocycles. The van der Waals surface area contributed by atoms with Crippen LogP contribution in [-0.2, 0) is 26.9 Å². The first-order valence-electron chi connectivity index (χ1n) is 9.25. The van der Waals surface area contributed by atoms with Crippen molar-refractivity contribution in [3.05, 3.63) is 59.9 Å². The second-order valence-electron chi connectivity index (χ2n) is 6.83. The van der Waals surface area contributed by atoms with Crippen molar-refractivity contribution in [2.24, 2.45) is 0 Å². The predicted octanol–water partition coefficient (Wildman–Crippen LogP) is 2.85. The minimum Gasteiger partial charge on any atom is -0.367 e. The fourth-order valence-corrected chi connectivity index (χ4v) is 3.75. The molecule has 1 aromatic carbocycles. The fraction of sp³-hybridized carbons (Fsp3) is 0.190. The molecule has 1 unspecified atom stereocenters. The predicted molar refractivity (Wildman–Crippen MR) is 115 cm³/mol. The molecule has 0 bridgehead atoms. The molecule has 0 saturated heterocycles. The zero-order valence-corrected chi connectivity index (χ0v) is 17.0. The van der Waals surface area contributed by atoms with Gasteiger partial charge in [-0.15, -0.1) is 0 Å². The zero-order valence-electron chi connectivity index (χ0n) is 16.2. The Morgan fingerprint density at radius 2 is 2.03 bits per heavy atom. The summed E-state index contributed by atoms with van der Waals surface area (Å²) < 4.78 is 16.6. The molecule has 2 aromatic heterocycles. The molecule has 3 N–H and O–H groups in total. The zero-order chi connectivity index (χ0) is 21.1. The number of nitrogens with one attached hydrogen (secondary N) is 3. The molecular formula is C21H20N4O4S. The largest absolute Gasteiger partial charge is 0.367 e. The highest BCUT2D eigenvalue weighted by atomic mass is 32.2. The van der Waals surface area contributed by atoms with Gasteiger partial charge in [0.1, 0.15) is 18.2 Å². The van der Waals surface area contributed by atoms with E-state index in [2.05, 4.69) is 20.6 Å². The second-order valence-corrected chi connectivity index (χ2v) is 8.27. The molecule has 3 aromatic rings. The number of hydrogen-bond acceptors (Lipinski definition) is 6. The van der Waals surface area contributed by atoms with Gasteiger partial charge in [-0.05, 0) is 24.3 Å². The molecule has 0 fully saturated rings. The number of Topliss-reactive ketones (excluding diaryl/α,β-unsaturated/α-hetero) is 1. The van der Waals surface area contributed by atoms with Crippen LogP contribution in [0.25, 0.3) is 11.3 Å². The van der Waals surface area contributed by atoms with Gasteiger partial charge in [0.15, 0.2) is 5.78 Å². The number of ketones is 1. The molecule has 4 rings (SSSR count). The van der Waals surface area contributed by atoms with E-state index in [0.29, 0.717) is 35.1 Å². The van der Waals surface area contributed by atoms with Gasteiger partial charge in [-0.3, -0.25) is 13.8 Å². The Bertz CT molecular complexity index is 1130. The number of ether oxygens (including phenoxy) is 1. The summed E-state index contributed by atoms with van der Waals surface area (Å²) in [6.45, 7) is 0.334. The van der Waals surface area contributed by atoms with E-state index in [9.17, 15) is 13.8 Å². The number of aromatic nitrogens is 2. The Balaban J connectivity index is 1.73. The van der Waals surface area contributed by atoms with Crippen molar-refractivity contribution in [1.82, 2.24) is 9.97 Å². The van der Waals surface area contributed by atoms with Crippen molar-refractivity contribution in [3.63, 3.8) is 0 Å². The number of H-pyrrole nitrogens is 1. The van der Waals surface area contributed by atoms with E-state index in [1.165, 1.54) is 6.26 Å². The minimum absolute atomic E-state index is 0.0274. The lowest BCUT2D eigenvalue weighted by Gasteiger charge is -2.14. The molecule has 0 radical (unpaired) electrons. The number of aromatic amines is 1. The summed E-state index contributed by atoms with van der Waals surface area (Å²) in [5.74, 6) is -0.249. The summed E-state index contributed by atoms with van der Waals surface area (Å²) in [6.07, 6.45) is 3.03. The quantitative estimate of drug-likeness (QED) is 0.561. The Morgan fingerprint density at radius 1 is 1.23 bits per heavy atom. The van der Waals surface area contributed by atoms with Crippen molar-refractivity contribution in [1.29, 1.82) is 0 Å². The first kappa shape index (κ1) is 20.0. The third kappa shape index (κ3) is 4.32. The highest BCUT2D eigenvalue weighted by Crippen LogP contribution is 2.37. The van der Waals surface area contributed by atoms with Gasteiger partial charge in [0.25, 0.3) is 0 Å². The van der Waals surface area contributed by atoms with Crippen molar-refractivity contribution < 1.29 is 18.5 Å². The van der Waals surface area contributed by atoms with Crippen molar-refractivity contribution >= 4 is 39.7 Å². The summed E-state index contributed by atoms with van der Waals surface area (Å²) in [5, 5.41) is 5.99. The van der Waals surface area contributed by atoms with Crippen LogP contribution in [0.5, 0.6) is 0 Å². The average molecular weight is 424 g/mol. The summed E-state index contributed by atoms with van der Waals surface area (Å²) in [6, 6.07) is 13.0. The molecule has 9 heteroatoms. The van der Waals surface area contributed by atoms with E-state index in [4.69, 9.17) is 4.74 Å². The van der Waals surface area contributed by atoms with E-state index in [1.54, 1.807) is 18.3 Å². The summed E-state index contributed by atoms with van der Waals surface area (Å²) in [4.78, 5) is 32.0. The molecule has 1 aliphatic heterocycles. The van der Waals surface area contributed by atoms with Crippen molar-refractivity contribution in [2.45, 2.75) is 6.61 Å². The maximum atomic E-state index is 12.6. The van der Waals surface area contributed by atoms with Crippen LogP contribution < -0.4 is 10.6 Å². The maximum Gasteiger partial charge on any atom is 0.238 e. The van der Waals surface area contributed by atoms with Gasteiger partial charge in [-0.1, -0.05) is 18.2 Å². The van der Waals surface area contributed by atoms with Gasteiger partial charge in [0.05, 0.1) is 29.2 Å². The SMILES string of the molecule is CS(=O)CC(=O)Nc1cc(-c2[nH]c3c(c2Nc2ccccc2)C(=O)COC3)ccn1. The third-order valence-corrected chi connectivity index (χ3v) is 5.20. The van der Waals surface area contributed by atoms with Gasteiger partial charge in [0, 0.05) is 34.5 Å². The Kier molecular flexibility index (Phi) is 5.73. The van der Waals surface area contributed by atoms with Crippen LogP contribution in [0.15, 0.2) is 48.7 Å². The summed E-state index contributed by atoms with van der Waals surface area (Å²) >= 11 is 0. The van der Waals surface area contributed by atoms with Gasteiger partial charge in [0.2, 0.25) is 5.91 Å². The van der Waals surface area contributed by atoms with Gasteiger partial charge in [-0.25, -0.2) is 4.98 Å². The maximum absolute atomic E-state index is 12.6. The Labute approximate surface area is 175 Å². The van der Waals surface area contributed by atoms with Crippen LogP contribution in [0.3, 0.4) is 0 Å². The molecule has 0 spiro atoms. The Hall–Kier alpha value is -3.30. The standard InChI is InChI=1S/C21H20N4O4S/c1-30(28)12-18(27)25-17-9-13(7-8-22-17)20-21(23-14-5-3-2-4-6-14)19-15(24-20)10-29-11-16(19)26/h2-9,23-24H,10-12H2,1H3,(H,22,25,27). The number of fused-ring (bicyclic) bond motifs is 1. The molecule has 30 heavy (non-hydrogen) atoms. The first-order chi connectivity index (χ1) is 14.5. The average Bonchev–Trinajstić information content (AvgIpc) is 3.08. The highest BCUT2D eigenvalue weighted by molar-refractivity contribution is 7.85. The lowest BCUT2D eigenvalue weighted by molar-refractivity contribution is -0.113. The molecule has 0 saturated carbocycles. The van der Waals surface area contributed by atoms with Crippen molar-refractivity contribution in [2.75, 3.05) is 29.2 Å². The number of carbonyl (C=O) groups excluding carboxylic acids is 2. The smallest absolute Gasteiger partial charge is 0.238 e. The molecule has 1 aliphatic rings. The molecule has 154 valence electrons. The van der Waals surface area contributed by atoms with Gasteiger partial charge < -0.3 is 20.4 Å². The first-order valence-corrected chi connectivity index (χ1v) is 11.0. The van der Waals surface area contributed by atoms with Crippen LogP contribution in [0.2, 0.25) is 0 Å². The van der Waals surface area contributed by atoms with E-state index in [0.717, 1.165) is 11.3 Å². The lowest BCUT2D eigenvalue weighted by Crippen LogP contribution is -2.19. The third-order valence-electron chi connectivity index (χ3n) is 4.53. The summed E-state index contributed by atoms with van der Waals surface area (Å²) in [5.41, 5.74) is 4.20. The number of nitrogens with zero attached hydrogens (tertiary/aromatic N) is 1. The van der Waals surface area contributed by atoms with Crippen LogP contribution in [-0.4, -0.2) is 44.5 Å². The van der Waals surface area contributed by atoms with E-state index < -0.39 is 10.8 Å².